The van der Waals surface area contributed by atoms with Gasteiger partial charge in [0.25, 0.3) is 0 Å². The van der Waals surface area contributed by atoms with Gasteiger partial charge in [-0.05, 0) is 37.6 Å². The van der Waals surface area contributed by atoms with Crippen molar-refractivity contribution in [2.45, 2.75) is 25.8 Å². The number of carbonyl (C=O) groups is 1. The first kappa shape index (κ1) is 11.1. The first-order valence-electron chi connectivity index (χ1n) is 5.67. The Morgan fingerprint density at radius 2 is 2.12 bits per heavy atom. The average molecular weight is 220 g/mol. The van der Waals surface area contributed by atoms with E-state index >= 15 is 0 Å². The van der Waals surface area contributed by atoms with Gasteiger partial charge in [0.2, 0.25) is 0 Å². The Hall–Kier alpha value is -1.42. The van der Waals surface area contributed by atoms with Crippen molar-refractivity contribution in [2.75, 3.05) is 13.1 Å². The average Bonchev–Trinajstić information content (AvgIpc) is 2.31. The summed E-state index contributed by atoms with van der Waals surface area (Å²) in [7, 11) is 0. The van der Waals surface area contributed by atoms with E-state index in [0.29, 0.717) is 6.54 Å². The van der Waals surface area contributed by atoms with E-state index in [0.717, 1.165) is 18.7 Å². The second kappa shape index (κ2) is 5.07. The van der Waals surface area contributed by atoms with Gasteiger partial charge in [-0.25, -0.2) is 9.78 Å². The number of hydrogen-bond donors (Lipinski definition) is 1. The largest absolute Gasteiger partial charge is 0.477 e. The summed E-state index contributed by atoms with van der Waals surface area (Å²) in [6.07, 6.45) is 5.24. The quantitative estimate of drug-likeness (QED) is 0.843. The highest BCUT2D eigenvalue weighted by molar-refractivity contribution is 5.86. The van der Waals surface area contributed by atoms with E-state index in [-0.39, 0.29) is 5.69 Å². The van der Waals surface area contributed by atoms with E-state index < -0.39 is 5.97 Å². The molecule has 1 aromatic heterocycles. The Bertz CT molecular complexity index is 373. The van der Waals surface area contributed by atoms with Crippen molar-refractivity contribution in [1.29, 1.82) is 0 Å². The molecule has 0 aromatic carbocycles. The molecule has 1 aliphatic rings. The molecule has 0 unspecified atom stereocenters. The summed E-state index contributed by atoms with van der Waals surface area (Å²) >= 11 is 0. The van der Waals surface area contributed by atoms with Gasteiger partial charge in [0.1, 0.15) is 0 Å². The van der Waals surface area contributed by atoms with E-state index in [1.807, 2.05) is 6.07 Å². The van der Waals surface area contributed by atoms with Crippen molar-refractivity contribution in [3.63, 3.8) is 0 Å². The zero-order valence-corrected chi connectivity index (χ0v) is 9.22. The molecule has 0 amide bonds. The highest BCUT2D eigenvalue weighted by atomic mass is 16.4. The predicted molar refractivity (Wildman–Crippen MR) is 60.3 cm³/mol. The van der Waals surface area contributed by atoms with Crippen LogP contribution >= 0.6 is 0 Å². The molecular formula is C12H16N2O2. The third-order valence-corrected chi connectivity index (χ3v) is 2.94. The van der Waals surface area contributed by atoms with Crippen LogP contribution in [0.2, 0.25) is 0 Å². The van der Waals surface area contributed by atoms with Gasteiger partial charge in [0.05, 0.1) is 0 Å². The summed E-state index contributed by atoms with van der Waals surface area (Å²) in [5.41, 5.74) is 1.00. The number of carboxylic acids is 1. The maximum Gasteiger partial charge on any atom is 0.354 e. The van der Waals surface area contributed by atoms with Gasteiger partial charge in [-0.2, -0.15) is 0 Å². The van der Waals surface area contributed by atoms with Crippen LogP contribution in [0.15, 0.2) is 18.3 Å². The molecule has 0 spiro atoms. The van der Waals surface area contributed by atoms with E-state index in [1.165, 1.54) is 25.5 Å². The monoisotopic (exact) mass is 220 g/mol. The predicted octanol–water partition coefficient (Wildman–Crippen LogP) is 1.77. The molecule has 1 aromatic rings. The first-order chi connectivity index (χ1) is 7.77. The summed E-state index contributed by atoms with van der Waals surface area (Å²) < 4.78 is 0. The summed E-state index contributed by atoms with van der Waals surface area (Å²) in [5, 5.41) is 9.01. The van der Waals surface area contributed by atoms with Crippen molar-refractivity contribution in [3.05, 3.63) is 29.6 Å². The Morgan fingerprint density at radius 3 is 2.81 bits per heavy atom. The van der Waals surface area contributed by atoms with E-state index in [1.54, 1.807) is 6.07 Å². The van der Waals surface area contributed by atoms with Gasteiger partial charge in [-0.3, -0.25) is 4.90 Å². The molecule has 0 bridgehead atoms. The number of hydrogen-bond acceptors (Lipinski definition) is 3. The highest BCUT2D eigenvalue weighted by Crippen LogP contribution is 2.14. The third-order valence-electron chi connectivity index (χ3n) is 2.94. The molecule has 2 rings (SSSR count). The summed E-state index contributed by atoms with van der Waals surface area (Å²) in [5.74, 6) is -0.937. The molecule has 0 aliphatic carbocycles. The minimum absolute atomic E-state index is 0.188. The van der Waals surface area contributed by atoms with E-state index in [4.69, 9.17) is 5.11 Å². The van der Waals surface area contributed by atoms with Gasteiger partial charge < -0.3 is 5.11 Å². The topological polar surface area (TPSA) is 53.4 Å². The fourth-order valence-corrected chi connectivity index (χ4v) is 2.12. The second-order valence-electron chi connectivity index (χ2n) is 4.15. The molecule has 1 fully saturated rings. The number of carboxylic acid groups (broad SMARTS) is 1. The third kappa shape index (κ3) is 2.58. The van der Waals surface area contributed by atoms with Crippen LogP contribution in [-0.4, -0.2) is 34.0 Å². The molecule has 1 N–H and O–H groups in total. The first-order valence-corrected chi connectivity index (χ1v) is 5.67. The van der Waals surface area contributed by atoms with Crippen molar-refractivity contribution in [2.24, 2.45) is 0 Å². The van der Waals surface area contributed by atoms with Crippen molar-refractivity contribution < 1.29 is 9.90 Å². The molecule has 86 valence electrons. The number of aromatic nitrogens is 1. The number of rotatable bonds is 3. The molecule has 0 atom stereocenters. The van der Waals surface area contributed by atoms with E-state index in [9.17, 15) is 4.79 Å². The Balaban J connectivity index is 2.10. The SMILES string of the molecule is O=C(O)c1ncccc1CN1CCCCC1. The number of likely N-dealkylation sites (tertiary alicyclic amines) is 1. The summed E-state index contributed by atoms with van der Waals surface area (Å²) in [4.78, 5) is 17.2. The van der Waals surface area contributed by atoms with Crippen LogP contribution in [0.3, 0.4) is 0 Å². The lowest BCUT2D eigenvalue weighted by Gasteiger charge is -2.26. The second-order valence-corrected chi connectivity index (χ2v) is 4.15. The van der Waals surface area contributed by atoms with Crippen molar-refractivity contribution >= 4 is 5.97 Å². The summed E-state index contributed by atoms with van der Waals surface area (Å²) in [6.45, 7) is 2.83. The fourth-order valence-electron chi connectivity index (χ4n) is 2.12. The van der Waals surface area contributed by atoms with Crippen LogP contribution in [-0.2, 0) is 6.54 Å². The van der Waals surface area contributed by atoms with Crippen LogP contribution in [0.1, 0.15) is 35.3 Å². The Morgan fingerprint density at radius 1 is 1.38 bits per heavy atom. The molecule has 0 radical (unpaired) electrons. The molecular weight excluding hydrogens is 204 g/mol. The van der Waals surface area contributed by atoms with Crippen molar-refractivity contribution in [3.8, 4) is 0 Å². The number of piperidine rings is 1. The van der Waals surface area contributed by atoms with Crippen LogP contribution < -0.4 is 0 Å². The number of nitrogens with zero attached hydrogens (tertiary/aromatic N) is 2. The van der Waals surface area contributed by atoms with Crippen LogP contribution in [0, 0.1) is 0 Å². The lowest BCUT2D eigenvalue weighted by molar-refractivity contribution is 0.0687. The lowest BCUT2D eigenvalue weighted by Crippen LogP contribution is -2.29. The smallest absolute Gasteiger partial charge is 0.354 e. The van der Waals surface area contributed by atoms with Crippen LogP contribution in [0.25, 0.3) is 0 Å². The lowest BCUT2D eigenvalue weighted by atomic mass is 10.1. The molecule has 4 heteroatoms. The van der Waals surface area contributed by atoms with E-state index in [2.05, 4.69) is 9.88 Å². The van der Waals surface area contributed by atoms with Gasteiger partial charge in [0, 0.05) is 12.7 Å². The summed E-state index contributed by atoms with van der Waals surface area (Å²) in [6, 6.07) is 3.65. The minimum atomic E-state index is -0.937. The standard InChI is InChI=1S/C12H16N2O2/c15-12(16)11-10(5-4-6-13-11)9-14-7-2-1-3-8-14/h4-6H,1-3,7-9H2,(H,15,16). The van der Waals surface area contributed by atoms with Crippen molar-refractivity contribution in [1.82, 2.24) is 9.88 Å². The molecule has 4 nitrogen and oxygen atoms in total. The van der Waals surface area contributed by atoms with Crippen LogP contribution in [0.4, 0.5) is 0 Å². The normalized spacial score (nSPS) is 17.2. The number of aromatic carboxylic acids is 1. The molecule has 1 aliphatic heterocycles. The molecule has 16 heavy (non-hydrogen) atoms. The minimum Gasteiger partial charge on any atom is -0.477 e. The fraction of sp³-hybridized carbons (Fsp3) is 0.500. The van der Waals surface area contributed by atoms with Crippen LogP contribution in [0.5, 0.6) is 0 Å². The Kier molecular flexibility index (Phi) is 3.51. The number of pyridine rings is 1. The molecule has 0 saturated carbocycles. The maximum absolute atomic E-state index is 11.0. The highest BCUT2D eigenvalue weighted by Gasteiger charge is 2.15. The van der Waals surface area contributed by atoms with Gasteiger partial charge in [-0.1, -0.05) is 12.5 Å². The zero-order chi connectivity index (χ0) is 11.4. The zero-order valence-electron chi connectivity index (χ0n) is 9.22. The van der Waals surface area contributed by atoms with Gasteiger partial charge in [-0.15, -0.1) is 0 Å². The maximum atomic E-state index is 11.0. The molecule has 2 heterocycles. The molecule has 1 saturated heterocycles. The Labute approximate surface area is 94.9 Å². The van der Waals surface area contributed by atoms with Gasteiger partial charge in [0.15, 0.2) is 5.69 Å². The van der Waals surface area contributed by atoms with Gasteiger partial charge >= 0.3 is 5.97 Å².